The zero-order valence-corrected chi connectivity index (χ0v) is 13.8. The van der Waals surface area contributed by atoms with Crippen LogP contribution in [0.2, 0.25) is 0 Å². The quantitative estimate of drug-likeness (QED) is 0.848. The summed E-state index contributed by atoms with van der Waals surface area (Å²) in [5.41, 5.74) is 1.18. The van der Waals surface area contributed by atoms with Crippen LogP contribution in [0.4, 0.5) is 0 Å². The number of piperidine rings is 1. The van der Waals surface area contributed by atoms with Gasteiger partial charge in [0, 0.05) is 37.3 Å². The second kappa shape index (κ2) is 8.11. The fraction of sp³-hybridized carbons (Fsp3) is 0.556. The number of likely N-dealkylation sites (tertiary alicyclic amines) is 1. The average Bonchev–Trinajstić information content (AvgIpc) is 2.57. The Bertz CT molecular complexity index is 485. The van der Waals surface area contributed by atoms with Gasteiger partial charge in [-0.15, -0.1) is 0 Å². The maximum absolute atomic E-state index is 6.47. The van der Waals surface area contributed by atoms with Crippen LogP contribution < -0.4 is 0 Å². The van der Waals surface area contributed by atoms with E-state index in [2.05, 4.69) is 28.0 Å². The van der Waals surface area contributed by atoms with Crippen LogP contribution in [0.25, 0.3) is 6.08 Å². The van der Waals surface area contributed by atoms with Crippen LogP contribution in [0.15, 0.2) is 35.4 Å². The van der Waals surface area contributed by atoms with E-state index in [9.17, 15) is 0 Å². The molecule has 0 amide bonds. The van der Waals surface area contributed by atoms with Crippen molar-refractivity contribution >= 4 is 17.7 Å². The van der Waals surface area contributed by atoms with E-state index in [4.69, 9.17) is 16.3 Å². The molecule has 1 aromatic rings. The van der Waals surface area contributed by atoms with E-state index in [1.165, 1.54) is 18.4 Å². The van der Waals surface area contributed by atoms with Crippen molar-refractivity contribution in [2.45, 2.75) is 18.9 Å². The van der Waals surface area contributed by atoms with Crippen LogP contribution >= 0.6 is 11.6 Å². The van der Waals surface area contributed by atoms with E-state index in [0.29, 0.717) is 6.04 Å². The van der Waals surface area contributed by atoms with E-state index >= 15 is 0 Å². The van der Waals surface area contributed by atoms with E-state index in [0.717, 1.165) is 51.0 Å². The molecule has 0 spiro atoms. The first-order valence-corrected chi connectivity index (χ1v) is 8.64. The maximum atomic E-state index is 6.47. The Morgan fingerprint density at radius 1 is 1.18 bits per heavy atom. The van der Waals surface area contributed by atoms with Crippen LogP contribution in [-0.2, 0) is 4.74 Å². The highest BCUT2D eigenvalue weighted by atomic mass is 35.5. The largest absolute Gasteiger partial charge is 0.379 e. The third-order valence-electron chi connectivity index (χ3n) is 4.54. The summed E-state index contributed by atoms with van der Waals surface area (Å²) >= 11 is 6.47. The number of nitrogens with zero attached hydrogens (tertiary/aromatic N) is 2. The Morgan fingerprint density at radius 2 is 1.95 bits per heavy atom. The van der Waals surface area contributed by atoms with Crippen molar-refractivity contribution in [1.82, 2.24) is 9.80 Å². The van der Waals surface area contributed by atoms with Crippen LogP contribution in [0, 0.1) is 0 Å². The standard InChI is InChI=1S/C18H25ClN2O/c19-17(13-16-5-2-1-3-6-16)14-20-8-4-7-18(15-20)21-9-11-22-12-10-21/h1-3,5-6,13,18H,4,7-12,14-15H2/b17-13-/t18-/m1/s1. The molecule has 2 aliphatic heterocycles. The lowest BCUT2D eigenvalue weighted by atomic mass is 10.0. The van der Waals surface area contributed by atoms with Gasteiger partial charge in [-0.25, -0.2) is 0 Å². The molecule has 1 atom stereocenters. The van der Waals surface area contributed by atoms with Crippen molar-refractivity contribution in [2.75, 3.05) is 45.9 Å². The van der Waals surface area contributed by atoms with Gasteiger partial charge in [0.15, 0.2) is 0 Å². The summed E-state index contributed by atoms with van der Waals surface area (Å²) in [6.07, 6.45) is 4.65. The number of rotatable bonds is 4. The molecule has 120 valence electrons. The lowest BCUT2D eigenvalue weighted by Crippen LogP contribution is -2.51. The Kier molecular flexibility index (Phi) is 5.90. The molecule has 3 nitrogen and oxygen atoms in total. The minimum absolute atomic E-state index is 0.666. The fourth-order valence-electron chi connectivity index (χ4n) is 3.40. The number of hydrogen-bond donors (Lipinski definition) is 0. The van der Waals surface area contributed by atoms with Crippen molar-refractivity contribution < 1.29 is 4.74 Å². The van der Waals surface area contributed by atoms with Crippen LogP contribution in [-0.4, -0.2) is 61.8 Å². The summed E-state index contributed by atoms with van der Waals surface area (Å²) < 4.78 is 5.46. The highest BCUT2D eigenvalue weighted by molar-refractivity contribution is 6.31. The molecular weight excluding hydrogens is 296 g/mol. The molecule has 0 bridgehead atoms. The molecule has 0 radical (unpaired) electrons. The summed E-state index contributed by atoms with van der Waals surface area (Å²) in [6, 6.07) is 11.0. The summed E-state index contributed by atoms with van der Waals surface area (Å²) in [4.78, 5) is 5.08. The highest BCUT2D eigenvalue weighted by Gasteiger charge is 2.26. The topological polar surface area (TPSA) is 15.7 Å². The van der Waals surface area contributed by atoms with E-state index in [1.807, 2.05) is 18.2 Å². The first-order chi connectivity index (χ1) is 10.8. The van der Waals surface area contributed by atoms with Gasteiger partial charge in [0.1, 0.15) is 0 Å². The van der Waals surface area contributed by atoms with Gasteiger partial charge in [-0.2, -0.15) is 0 Å². The van der Waals surface area contributed by atoms with Gasteiger partial charge >= 0.3 is 0 Å². The van der Waals surface area contributed by atoms with Crippen molar-refractivity contribution in [3.63, 3.8) is 0 Å². The lowest BCUT2D eigenvalue weighted by molar-refractivity contribution is -0.00128. The van der Waals surface area contributed by atoms with Gasteiger partial charge in [0.05, 0.1) is 13.2 Å². The fourth-order valence-corrected chi connectivity index (χ4v) is 3.70. The molecule has 1 aromatic carbocycles. The molecule has 3 rings (SSSR count). The van der Waals surface area contributed by atoms with Crippen LogP contribution in [0.1, 0.15) is 18.4 Å². The van der Waals surface area contributed by atoms with E-state index in [-0.39, 0.29) is 0 Å². The van der Waals surface area contributed by atoms with Gasteiger partial charge in [0.2, 0.25) is 0 Å². The summed E-state index contributed by atoms with van der Waals surface area (Å²) in [5.74, 6) is 0. The van der Waals surface area contributed by atoms with Gasteiger partial charge < -0.3 is 4.74 Å². The molecule has 2 saturated heterocycles. The normalized spacial score (nSPS) is 25.3. The van der Waals surface area contributed by atoms with Gasteiger partial charge in [-0.3, -0.25) is 9.80 Å². The van der Waals surface area contributed by atoms with Crippen molar-refractivity contribution in [1.29, 1.82) is 0 Å². The van der Waals surface area contributed by atoms with Crippen LogP contribution in [0.3, 0.4) is 0 Å². The Morgan fingerprint density at radius 3 is 2.73 bits per heavy atom. The smallest absolute Gasteiger partial charge is 0.0594 e. The van der Waals surface area contributed by atoms with E-state index in [1.54, 1.807) is 0 Å². The molecule has 2 heterocycles. The Balaban J connectivity index is 1.54. The molecule has 0 aromatic heterocycles. The second-order valence-corrected chi connectivity index (χ2v) is 6.67. The zero-order chi connectivity index (χ0) is 15.2. The van der Waals surface area contributed by atoms with Crippen molar-refractivity contribution in [3.05, 3.63) is 40.9 Å². The first kappa shape index (κ1) is 16.0. The molecule has 0 aliphatic carbocycles. The summed E-state index contributed by atoms with van der Waals surface area (Å²) in [5, 5.41) is 0.925. The third-order valence-corrected chi connectivity index (χ3v) is 4.77. The zero-order valence-electron chi connectivity index (χ0n) is 13.1. The minimum Gasteiger partial charge on any atom is -0.379 e. The third kappa shape index (κ3) is 4.56. The molecule has 4 heteroatoms. The molecule has 2 fully saturated rings. The van der Waals surface area contributed by atoms with Crippen molar-refractivity contribution in [2.24, 2.45) is 0 Å². The first-order valence-electron chi connectivity index (χ1n) is 8.26. The molecular formula is C18H25ClN2O. The van der Waals surface area contributed by atoms with Crippen LogP contribution in [0.5, 0.6) is 0 Å². The lowest BCUT2D eigenvalue weighted by Gasteiger charge is -2.40. The SMILES string of the molecule is Cl/C(=C\c1ccccc1)CN1CCC[C@@H](N2CCOCC2)C1. The molecule has 22 heavy (non-hydrogen) atoms. The minimum atomic E-state index is 0.666. The maximum Gasteiger partial charge on any atom is 0.0594 e. The summed E-state index contributed by atoms with van der Waals surface area (Å²) in [6.45, 7) is 7.05. The Hall–Kier alpha value is -0.870. The number of hydrogen-bond acceptors (Lipinski definition) is 3. The number of benzene rings is 1. The number of halogens is 1. The van der Waals surface area contributed by atoms with Gasteiger partial charge in [-0.05, 0) is 31.0 Å². The summed E-state index contributed by atoms with van der Waals surface area (Å²) in [7, 11) is 0. The van der Waals surface area contributed by atoms with E-state index < -0.39 is 0 Å². The average molecular weight is 321 g/mol. The Labute approximate surface area is 138 Å². The second-order valence-electron chi connectivity index (χ2n) is 6.18. The molecule has 0 unspecified atom stereocenters. The highest BCUT2D eigenvalue weighted by Crippen LogP contribution is 2.20. The molecule has 0 N–H and O–H groups in total. The van der Waals surface area contributed by atoms with Gasteiger partial charge in [0.25, 0.3) is 0 Å². The monoisotopic (exact) mass is 320 g/mol. The number of ether oxygens (including phenoxy) is 1. The predicted molar refractivity (Wildman–Crippen MR) is 92.1 cm³/mol. The predicted octanol–water partition coefficient (Wildman–Crippen LogP) is 3.06. The molecule has 2 aliphatic rings. The molecule has 0 saturated carbocycles. The number of morpholine rings is 1. The van der Waals surface area contributed by atoms with Crippen molar-refractivity contribution in [3.8, 4) is 0 Å². The van der Waals surface area contributed by atoms with Gasteiger partial charge in [-0.1, -0.05) is 41.9 Å².